The Morgan fingerprint density at radius 1 is 1.59 bits per heavy atom. The molecule has 0 aromatic rings. The lowest BCUT2D eigenvalue weighted by molar-refractivity contribution is 0.0121. The molecule has 17 heavy (non-hydrogen) atoms. The van der Waals surface area contributed by atoms with Crippen LogP contribution < -0.4 is 5.32 Å². The van der Waals surface area contributed by atoms with Crippen molar-refractivity contribution in [2.45, 2.75) is 39.2 Å². The molecule has 2 heterocycles. The molecule has 2 aliphatic heterocycles. The van der Waals surface area contributed by atoms with E-state index in [0.717, 1.165) is 32.6 Å². The van der Waals surface area contributed by atoms with E-state index >= 15 is 0 Å². The predicted octanol–water partition coefficient (Wildman–Crippen LogP) is 1.85. The Morgan fingerprint density at radius 2 is 2.35 bits per heavy atom. The van der Waals surface area contributed by atoms with Crippen molar-refractivity contribution in [3.8, 4) is 0 Å². The molecular weight excluding hydrogens is 216 g/mol. The fourth-order valence-corrected chi connectivity index (χ4v) is 2.91. The monoisotopic (exact) mass is 240 g/mol. The van der Waals surface area contributed by atoms with E-state index in [1.54, 1.807) is 0 Å². The molecular formula is C13H24N2O2. The maximum absolute atomic E-state index is 11.9. The second-order valence-corrected chi connectivity index (χ2v) is 6.00. The fraction of sp³-hybridized carbons (Fsp3) is 0.923. The SMILES string of the molecule is CC(C)CN1CC(C)(C2CCCNC2)OC1=O. The number of amides is 1. The van der Waals surface area contributed by atoms with Gasteiger partial charge in [-0.2, -0.15) is 0 Å². The van der Waals surface area contributed by atoms with Gasteiger partial charge in [0, 0.05) is 19.0 Å². The minimum atomic E-state index is -0.292. The van der Waals surface area contributed by atoms with Gasteiger partial charge in [-0.25, -0.2) is 4.79 Å². The third-order valence-electron chi connectivity index (χ3n) is 3.83. The van der Waals surface area contributed by atoms with Crippen LogP contribution in [0.15, 0.2) is 0 Å². The maximum atomic E-state index is 11.9. The molecule has 0 bridgehead atoms. The molecule has 98 valence electrons. The number of carbonyl (C=O) groups excluding carboxylic acids is 1. The lowest BCUT2D eigenvalue weighted by Gasteiger charge is -2.35. The smallest absolute Gasteiger partial charge is 0.410 e. The van der Waals surface area contributed by atoms with Crippen molar-refractivity contribution in [2.24, 2.45) is 11.8 Å². The second kappa shape index (κ2) is 4.84. The summed E-state index contributed by atoms with van der Waals surface area (Å²) in [5, 5.41) is 3.40. The van der Waals surface area contributed by atoms with Crippen LogP contribution in [0.3, 0.4) is 0 Å². The summed E-state index contributed by atoms with van der Waals surface area (Å²) >= 11 is 0. The van der Waals surface area contributed by atoms with Crippen LogP contribution in [-0.4, -0.2) is 42.8 Å². The predicted molar refractivity (Wildman–Crippen MR) is 66.9 cm³/mol. The van der Waals surface area contributed by atoms with E-state index in [1.807, 2.05) is 4.90 Å². The van der Waals surface area contributed by atoms with Gasteiger partial charge in [0.1, 0.15) is 5.60 Å². The van der Waals surface area contributed by atoms with Crippen LogP contribution in [0.5, 0.6) is 0 Å². The van der Waals surface area contributed by atoms with E-state index in [1.165, 1.54) is 6.42 Å². The van der Waals surface area contributed by atoms with Crippen molar-refractivity contribution in [1.82, 2.24) is 10.2 Å². The highest BCUT2D eigenvalue weighted by molar-refractivity contribution is 5.70. The highest BCUT2D eigenvalue weighted by atomic mass is 16.6. The van der Waals surface area contributed by atoms with E-state index < -0.39 is 0 Å². The van der Waals surface area contributed by atoms with Gasteiger partial charge in [0.25, 0.3) is 0 Å². The number of nitrogens with zero attached hydrogens (tertiary/aromatic N) is 1. The standard InChI is InChI=1S/C13H24N2O2/c1-10(2)8-15-9-13(3,17-12(15)16)11-5-4-6-14-7-11/h10-11,14H,4-9H2,1-3H3. The summed E-state index contributed by atoms with van der Waals surface area (Å²) in [5.41, 5.74) is -0.292. The van der Waals surface area contributed by atoms with Crippen LogP contribution in [-0.2, 0) is 4.74 Å². The molecule has 0 aromatic heterocycles. The Labute approximate surface area is 104 Å². The summed E-state index contributed by atoms with van der Waals surface area (Å²) in [4.78, 5) is 13.7. The van der Waals surface area contributed by atoms with Crippen molar-refractivity contribution in [2.75, 3.05) is 26.2 Å². The quantitative estimate of drug-likeness (QED) is 0.818. The van der Waals surface area contributed by atoms with Gasteiger partial charge in [-0.3, -0.25) is 0 Å². The fourth-order valence-electron chi connectivity index (χ4n) is 2.91. The summed E-state index contributed by atoms with van der Waals surface area (Å²) in [6, 6.07) is 0. The first-order valence-corrected chi connectivity index (χ1v) is 6.70. The highest BCUT2D eigenvalue weighted by Gasteiger charge is 2.46. The molecule has 0 spiro atoms. The lowest BCUT2D eigenvalue weighted by atomic mass is 9.83. The van der Waals surface area contributed by atoms with Gasteiger partial charge in [-0.15, -0.1) is 0 Å². The van der Waals surface area contributed by atoms with E-state index in [9.17, 15) is 4.79 Å². The molecule has 0 radical (unpaired) electrons. The summed E-state index contributed by atoms with van der Waals surface area (Å²) in [6.07, 6.45) is 2.21. The molecule has 0 aliphatic carbocycles. The number of nitrogens with one attached hydrogen (secondary N) is 1. The first-order chi connectivity index (χ1) is 8.01. The first kappa shape index (κ1) is 12.7. The number of rotatable bonds is 3. The molecule has 0 aromatic carbocycles. The summed E-state index contributed by atoms with van der Waals surface area (Å²) in [5.74, 6) is 0.951. The van der Waals surface area contributed by atoms with Gasteiger partial charge in [-0.1, -0.05) is 13.8 Å². The van der Waals surface area contributed by atoms with Crippen molar-refractivity contribution >= 4 is 6.09 Å². The molecule has 2 unspecified atom stereocenters. The topological polar surface area (TPSA) is 41.6 Å². The third-order valence-corrected chi connectivity index (χ3v) is 3.83. The van der Waals surface area contributed by atoms with E-state index in [0.29, 0.717) is 11.8 Å². The first-order valence-electron chi connectivity index (χ1n) is 6.70. The third kappa shape index (κ3) is 2.73. The molecule has 2 atom stereocenters. The van der Waals surface area contributed by atoms with Gasteiger partial charge >= 0.3 is 6.09 Å². The molecule has 2 fully saturated rings. The lowest BCUT2D eigenvalue weighted by Crippen LogP contribution is -2.47. The summed E-state index contributed by atoms with van der Waals surface area (Å²) in [7, 11) is 0. The molecule has 4 heteroatoms. The van der Waals surface area contributed by atoms with Crippen LogP contribution >= 0.6 is 0 Å². The van der Waals surface area contributed by atoms with Crippen molar-refractivity contribution in [1.29, 1.82) is 0 Å². The maximum Gasteiger partial charge on any atom is 0.410 e. The zero-order valence-electron chi connectivity index (χ0n) is 11.2. The van der Waals surface area contributed by atoms with E-state index in [4.69, 9.17) is 4.74 Å². The molecule has 4 nitrogen and oxygen atoms in total. The molecule has 1 N–H and O–H groups in total. The van der Waals surface area contributed by atoms with Crippen LogP contribution in [0.2, 0.25) is 0 Å². The Morgan fingerprint density at radius 3 is 2.94 bits per heavy atom. The Kier molecular flexibility index (Phi) is 3.61. The number of hydrogen-bond donors (Lipinski definition) is 1. The van der Waals surface area contributed by atoms with Gasteiger partial charge in [0.15, 0.2) is 0 Å². The molecule has 0 saturated carbocycles. The van der Waals surface area contributed by atoms with Crippen LogP contribution in [0, 0.1) is 11.8 Å². The number of hydrogen-bond acceptors (Lipinski definition) is 3. The van der Waals surface area contributed by atoms with E-state index in [-0.39, 0.29) is 11.7 Å². The van der Waals surface area contributed by atoms with Gasteiger partial charge in [0.2, 0.25) is 0 Å². The molecule has 2 rings (SSSR count). The van der Waals surface area contributed by atoms with Crippen molar-refractivity contribution in [3.05, 3.63) is 0 Å². The highest BCUT2D eigenvalue weighted by Crippen LogP contribution is 2.33. The normalized spacial score (nSPS) is 34.2. The molecule has 2 aliphatic rings. The number of cyclic esters (lactones) is 1. The van der Waals surface area contributed by atoms with Crippen LogP contribution in [0.1, 0.15) is 33.6 Å². The zero-order valence-corrected chi connectivity index (χ0v) is 11.2. The average Bonchev–Trinajstić information content (AvgIpc) is 2.56. The van der Waals surface area contributed by atoms with Crippen molar-refractivity contribution < 1.29 is 9.53 Å². The molecule has 2 saturated heterocycles. The largest absolute Gasteiger partial charge is 0.441 e. The minimum absolute atomic E-state index is 0.133. The van der Waals surface area contributed by atoms with Crippen LogP contribution in [0.25, 0.3) is 0 Å². The number of carbonyl (C=O) groups is 1. The zero-order chi connectivity index (χ0) is 12.5. The Bertz CT molecular complexity index is 287. The minimum Gasteiger partial charge on any atom is -0.441 e. The van der Waals surface area contributed by atoms with Gasteiger partial charge in [0.05, 0.1) is 6.54 Å². The summed E-state index contributed by atoms with van der Waals surface area (Å²) in [6.45, 7) is 9.96. The Balaban J connectivity index is 1.99. The van der Waals surface area contributed by atoms with Crippen LogP contribution in [0.4, 0.5) is 4.79 Å². The second-order valence-electron chi connectivity index (χ2n) is 6.00. The molecule has 1 amide bonds. The van der Waals surface area contributed by atoms with E-state index in [2.05, 4.69) is 26.1 Å². The Hall–Kier alpha value is -0.770. The number of ether oxygens (including phenoxy) is 1. The van der Waals surface area contributed by atoms with Gasteiger partial charge in [-0.05, 0) is 32.2 Å². The van der Waals surface area contributed by atoms with Gasteiger partial charge < -0.3 is 15.0 Å². The number of piperidine rings is 1. The van der Waals surface area contributed by atoms with Crippen molar-refractivity contribution in [3.63, 3.8) is 0 Å². The summed E-state index contributed by atoms with van der Waals surface area (Å²) < 4.78 is 5.65. The average molecular weight is 240 g/mol.